The van der Waals surface area contributed by atoms with Crippen molar-refractivity contribution in [1.29, 1.82) is 0 Å². The van der Waals surface area contributed by atoms with Crippen LogP contribution < -0.4 is 5.56 Å². The predicted molar refractivity (Wildman–Crippen MR) is 109 cm³/mol. The van der Waals surface area contributed by atoms with Gasteiger partial charge in [0.2, 0.25) is 0 Å². The van der Waals surface area contributed by atoms with E-state index in [9.17, 15) is 9.59 Å². The molecule has 0 saturated carbocycles. The summed E-state index contributed by atoms with van der Waals surface area (Å²) in [5, 5.41) is 4.62. The third-order valence-corrected chi connectivity index (χ3v) is 5.62. The smallest absolute Gasteiger partial charge is 0.276 e. The molecule has 0 fully saturated rings. The molecule has 5 rings (SSSR count). The first-order valence-corrected chi connectivity index (χ1v) is 9.58. The zero-order valence-electron chi connectivity index (χ0n) is 16.8. The van der Waals surface area contributed by atoms with Gasteiger partial charge in [-0.3, -0.25) is 19.3 Å². The van der Waals surface area contributed by atoms with Gasteiger partial charge < -0.3 is 9.47 Å². The number of hydrogen-bond donors (Lipinski definition) is 0. The maximum absolute atomic E-state index is 15.0. The predicted octanol–water partition coefficient (Wildman–Crippen LogP) is 2.77. The average Bonchev–Trinajstić information content (AvgIpc) is 3.28. The highest BCUT2D eigenvalue weighted by Gasteiger charge is 2.29. The highest BCUT2D eigenvalue weighted by molar-refractivity contribution is 5.97. The molecule has 31 heavy (non-hydrogen) atoms. The van der Waals surface area contributed by atoms with Crippen LogP contribution in [0.5, 0.6) is 0 Å². The van der Waals surface area contributed by atoms with Gasteiger partial charge in [-0.25, -0.2) is 8.78 Å². The number of carbonyl (C=O) groups is 1. The van der Waals surface area contributed by atoms with Crippen LogP contribution in [0.3, 0.4) is 0 Å². The number of benzene rings is 1. The molecule has 9 heteroatoms. The molecule has 1 aliphatic heterocycles. The highest BCUT2D eigenvalue weighted by atomic mass is 19.1. The van der Waals surface area contributed by atoms with Crippen molar-refractivity contribution in [2.75, 3.05) is 0 Å². The summed E-state index contributed by atoms with van der Waals surface area (Å²) in [6.07, 6.45) is 4.62. The van der Waals surface area contributed by atoms with E-state index in [-0.39, 0.29) is 35.7 Å². The van der Waals surface area contributed by atoms with Crippen LogP contribution >= 0.6 is 0 Å². The fraction of sp³-hybridized carbons (Fsp3) is 0.182. The van der Waals surface area contributed by atoms with Crippen LogP contribution in [0.1, 0.15) is 21.6 Å². The first kappa shape index (κ1) is 19.1. The molecule has 1 aliphatic rings. The van der Waals surface area contributed by atoms with Gasteiger partial charge in [-0.05, 0) is 29.8 Å². The molecule has 0 N–H and O–H groups in total. The number of amides is 1. The summed E-state index contributed by atoms with van der Waals surface area (Å²) < 4.78 is 32.8. The molecular formula is C22H17F2N5O2. The quantitative estimate of drug-likeness (QED) is 0.510. The van der Waals surface area contributed by atoms with E-state index < -0.39 is 11.6 Å². The Hall–Kier alpha value is -3.88. The normalized spacial score (nSPS) is 13.3. The number of hydrogen-bond acceptors (Lipinski definition) is 4. The fourth-order valence-electron chi connectivity index (χ4n) is 4.02. The van der Waals surface area contributed by atoms with Crippen molar-refractivity contribution < 1.29 is 13.6 Å². The molecule has 1 amide bonds. The van der Waals surface area contributed by atoms with Crippen LogP contribution in [-0.4, -0.2) is 30.1 Å². The molecule has 0 radical (unpaired) electrons. The van der Waals surface area contributed by atoms with Crippen molar-refractivity contribution in [3.8, 4) is 11.1 Å². The van der Waals surface area contributed by atoms with E-state index in [1.54, 1.807) is 32.4 Å². The summed E-state index contributed by atoms with van der Waals surface area (Å²) >= 11 is 0. The molecule has 0 atom stereocenters. The van der Waals surface area contributed by atoms with Gasteiger partial charge in [0.1, 0.15) is 17.2 Å². The van der Waals surface area contributed by atoms with E-state index in [1.807, 2.05) is 0 Å². The fourth-order valence-corrected chi connectivity index (χ4v) is 4.02. The van der Waals surface area contributed by atoms with E-state index in [2.05, 4.69) is 10.1 Å². The third kappa shape index (κ3) is 2.92. The Morgan fingerprint density at radius 3 is 2.55 bits per heavy atom. The molecule has 4 aromatic rings. The minimum atomic E-state index is -0.766. The molecular weight excluding hydrogens is 404 g/mol. The molecule has 156 valence electrons. The maximum Gasteiger partial charge on any atom is 0.276 e. The summed E-state index contributed by atoms with van der Waals surface area (Å²) in [6, 6.07) is 5.75. The molecule has 0 saturated heterocycles. The third-order valence-electron chi connectivity index (χ3n) is 5.62. The standard InChI is InChI=1S/C22H17F2N5O2/c1-27-9-15(14-8-26-28(2)20(14)22(27)31)12-6-17(23)16(18(24)7-12)10-29-11-19-13(21(29)30)4-3-5-25-19/h3-9H,10-11H2,1-2H3. The lowest BCUT2D eigenvalue weighted by molar-refractivity contribution is 0.0763. The lowest BCUT2D eigenvalue weighted by Gasteiger charge is -2.17. The van der Waals surface area contributed by atoms with Crippen LogP contribution in [0.2, 0.25) is 0 Å². The summed E-state index contributed by atoms with van der Waals surface area (Å²) in [7, 11) is 3.21. The lowest BCUT2D eigenvalue weighted by Crippen LogP contribution is -2.24. The number of aryl methyl sites for hydroxylation is 2. The number of carbonyl (C=O) groups excluding carboxylic acids is 1. The van der Waals surface area contributed by atoms with E-state index in [1.165, 1.54) is 38.7 Å². The minimum Gasteiger partial charge on any atom is -0.328 e. The molecule has 7 nitrogen and oxygen atoms in total. The van der Waals surface area contributed by atoms with Gasteiger partial charge in [-0.1, -0.05) is 0 Å². The first-order chi connectivity index (χ1) is 14.8. The monoisotopic (exact) mass is 421 g/mol. The van der Waals surface area contributed by atoms with Crippen LogP contribution in [0.25, 0.3) is 22.0 Å². The van der Waals surface area contributed by atoms with Crippen molar-refractivity contribution in [2.45, 2.75) is 13.1 Å². The second kappa shape index (κ2) is 6.83. The van der Waals surface area contributed by atoms with Crippen molar-refractivity contribution >= 4 is 16.8 Å². The van der Waals surface area contributed by atoms with Crippen LogP contribution in [0, 0.1) is 11.6 Å². The van der Waals surface area contributed by atoms with E-state index >= 15 is 8.78 Å². The SMILES string of the molecule is Cn1cc(-c2cc(F)c(CN3Cc4ncccc4C3=O)c(F)c2)c2cnn(C)c2c1=O. The summed E-state index contributed by atoms with van der Waals surface area (Å²) in [4.78, 5) is 30.5. The zero-order chi connectivity index (χ0) is 21.9. The number of pyridine rings is 2. The number of rotatable bonds is 3. The molecule has 0 unspecified atom stereocenters. The van der Waals surface area contributed by atoms with Crippen molar-refractivity contribution in [1.82, 2.24) is 24.2 Å². The molecule has 0 bridgehead atoms. The number of halogens is 2. The number of fused-ring (bicyclic) bond motifs is 2. The average molecular weight is 421 g/mol. The Kier molecular flexibility index (Phi) is 4.21. The van der Waals surface area contributed by atoms with Gasteiger partial charge in [0.05, 0.1) is 30.5 Å². The Morgan fingerprint density at radius 2 is 1.84 bits per heavy atom. The van der Waals surface area contributed by atoms with Gasteiger partial charge in [-0.2, -0.15) is 5.10 Å². The highest BCUT2D eigenvalue weighted by Crippen LogP contribution is 2.31. The van der Waals surface area contributed by atoms with Gasteiger partial charge in [0.25, 0.3) is 11.5 Å². The Balaban J connectivity index is 1.55. The molecule has 0 aliphatic carbocycles. The summed E-state index contributed by atoms with van der Waals surface area (Å²) in [6.45, 7) is -0.00450. The molecule has 1 aromatic carbocycles. The van der Waals surface area contributed by atoms with Crippen molar-refractivity contribution in [2.24, 2.45) is 14.1 Å². The van der Waals surface area contributed by atoms with Gasteiger partial charge in [0, 0.05) is 43.0 Å². The lowest BCUT2D eigenvalue weighted by atomic mass is 10.0. The first-order valence-electron chi connectivity index (χ1n) is 9.58. The number of nitrogens with zero attached hydrogens (tertiary/aromatic N) is 5. The van der Waals surface area contributed by atoms with Crippen molar-refractivity contribution in [3.63, 3.8) is 0 Å². The summed E-state index contributed by atoms with van der Waals surface area (Å²) in [5.74, 6) is -1.84. The van der Waals surface area contributed by atoms with Crippen LogP contribution in [0.15, 0.2) is 47.7 Å². The van der Waals surface area contributed by atoms with Crippen molar-refractivity contribution in [3.05, 3.63) is 81.7 Å². The Labute approximate surface area is 175 Å². The molecule has 0 spiro atoms. The topological polar surface area (TPSA) is 73.0 Å². The Morgan fingerprint density at radius 1 is 1.10 bits per heavy atom. The largest absolute Gasteiger partial charge is 0.328 e. The van der Waals surface area contributed by atoms with Gasteiger partial charge in [-0.15, -0.1) is 0 Å². The molecule has 3 aromatic heterocycles. The maximum atomic E-state index is 15.0. The van der Waals surface area contributed by atoms with E-state index in [0.717, 1.165) is 0 Å². The number of aromatic nitrogens is 4. The van der Waals surface area contributed by atoms with E-state index in [4.69, 9.17) is 0 Å². The Bertz CT molecular complexity index is 1420. The van der Waals surface area contributed by atoms with Crippen LogP contribution in [-0.2, 0) is 27.2 Å². The van der Waals surface area contributed by atoms with Gasteiger partial charge >= 0.3 is 0 Å². The minimum absolute atomic E-state index is 0.197. The molecule has 4 heterocycles. The summed E-state index contributed by atoms with van der Waals surface area (Å²) in [5.41, 5.74) is 1.71. The van der Waals surface area contributed by atoms with E-state index in [0.29, 0.717) is 27.7 Å². The second-order valence-corrected chi connectivity index (χ2v) is 7.57. The van der Waals surface area contributed by atoms with Gasteiger partial charge in [0.15, 0.2) is 0 Å². The second-order valence-electron chi connectivity index (χ2n) is 7.57. The van der Waals surface area contributed by atoms with Crippen LogP contribution in [0.4, 0.5) is 8.78 Å². The zero-order valence-corrected chi connectivity index (χ0v) is 16.8.